The number of nitrogens with zero attached hydrogens (tertiary/aromatic N) is 3. The largest absolute Gasteiger partial charge is 0.497 e. The van der Waals surface area contributed by atoms with E-state index >= 15 is 0 Å². The van der Waals surface area contributed by atoms with Crippen LogP contribution < -0.4 is 10.1 Å². The van der Waals surface area contributed by atoms with E-state index < -0.39 is 0 Å². The molecule has 0 fully saturated rings. The van der Waals surface area contributed by atoms with E-state index in [4.69, 9.17) is 14.8 Å². The Balaban J connectivity index is 1.70. The lowest BCUT2D eigenvalue weighted by molar-refractivity contribution is -0.116. The molecule has 0 saturated carbocycles. The highest BCUT2D eigenvalue weighted by Gasteiger charge is 2.37. The normalized spacial score (nSPS) is 18.1. The van der Waals surface area contributed by atoms with Gasteiger partial charge in [0.2, 0.25) is 5.95 Å². The second kappa shape index (κ2) is 6.88. The first-order valence-corrected chi connectivity index (χ1v) is 9.85. The zero-order valence-corrected chi connectivity index (χ0v) is 16.5. The molecule has 29 heavy (non-hydrogen) atoms. The van der Waals surface area contributed by atoms with Gasteiger partial charge in [0.05, 0.1) is 7.11 Å². The number of hydrogen-bond acceptors (Lipinski definition) is 5. The summed E-state index contributed by atoms with van der Waals surface area (Å²) >= 11 is 0. The second-order valence-corrected chi connectivity index (χ2v) is 7.49. The molecule has 0 saturated heterocycles. The molecule has 0 amide bonds. The van der Waals surface area contributed by atoms with E-state index in [0.717, 1.165) is 46.6 Å². The molecule has 2 heterocycles. The van der Waals surface area contributed by atoms with Crippen molar-refractivity contribution < 1.29 is 9.53 Å². The Hall–Kier alpha value is -3.41. The van der Waals surface area contributed by atoms with Gasteiger partial charge >= 0.3 is 0 Å². The Labute approximate surface area is 169 Å². The molecule has 0 radical (unpaired) electrons. The summed E-state index contributed by atoms with van der Waals surface area (Å²) in [6.07, 6.45) is 2.26. The van der Waals surface area contributed by atoms with Crippen LogP contribution in [0, 0.1) is 6.92 Å². The van der Waals surface area contributed by atoms with Crippen molar-refractivity contribution in [2.45, 2.75) is 32.2 Å². The molecule has 6 nitrogen and oxygen atoms in total. The van der Waals surface area contributed by atoms with Crippen LogP contribution in [0.2, 0.25) is 0 Å². The highest BCUT2D eigenvalue weighted by Crippen LogP contribution is 2.41. The summed E-state index contributed by atoms with van der Waals surface area (Å²) in [6.45, 7) is 2.05. The average Bonchev–Trinajstić information content (AvgIpc) is 3.16. The van der Waals surface area contributed by atoms with E-state index in [2.05, 4.69) is 18.3 Å². The number of allylic oxidation sites excluding steroid dienone is 2. The number of ketones is 1. The Morgan fingerprint density at radius 3 is 2.83 bits per heavy atom. The van der Waals surface area contributed by atoms with Crippen LogP contribution in [0.1, 0.15) is 36.4 Å². The first-order chi connectivity index (χ1) is 14.2. The molecule has 0 bridgehead atoms. The number of anilines is 1. The van der Waals surface area contributed by atoms with Crippen LogP contribution in [0.15, 0.2) is 59.8 Å². The quantitative estimate of drug-likeness (QED) is 0.727. The maximum absolute atomic E-state index is 12.9. The molecule has 1 unspecified atom stereocenters. The van der Waals surface area contributed by atoms with Crippen molar-refractivity contribution >= 4 is 11.7 Å². The minimum Gasteiger partial charge on any atom is -0.497 e. The number of carbonyl (C=O) groups is 1. The van der Waals surface area contributed by atoms with Gasteiger partial charge in [-0.1, -0.05) is 36.4 Å². The molecule has 1 aliphatic carbocycles. The van der Waals surface area contributed by atoms with E-state index in [-0.39, 0.29) is 11.8 Å². The number of carbonyl (C=O) groups excluding carboxylic acids is 1. The van der Waals surface area contributed by atoms with E-state index in [1.807, 2.05) is 47.1 Å². The van der Waals surface area contributed by atoms with Crippen LogP contribution in [-0.2, 0) is 4.79 Å². The van der Waals surface area contributed by atoms with Gasteiger partial charge in [-0.15, -0.1) is 5.10 Å². The van der Waals surface area contributed by atoms with Crippen molar-refractivity contribution in [1.29, 1.82) is 0 Å². The first kappa shape index (κ1) is 17.7. The van der Waals surface area contributed by atoms with Crippen LogP contribution in [0.5, 0.6) is 5.75 Å². The van der Waals surface area contributed by atoms with Crippen molar-refractivity contribution in [3.8, 4) is 17.1 Å². The Morgan fingerprint density at radius 1 is 1.14 bits per heavy atom. The number of ether oxygens (including phenoxy) is 1. The number of aromatic nitrogens is 3. The van der Waals surface area contributed by atoms with Gasteiger partial charge in [0.15, 0.2) is 11.6 Å². The third-order valence-corrected chi connectivity index (χ3v) is 5.66. The fourth-order valence-electron chi connectivity index (χ4n) is 4.21. The molecule has 1 aliphatic heterocycles. The molecular formula is C23H22N4O2. The molecule has 1 atom stereocenters. The number of fused-ring (bicyclic) bond motifs is 1. The molecule has 0 spiro atoms. The molecule has 3 aromatic rings. The van der Waals surface area contributed by atoms with E-state index in [1.54, 1.807) is 7.11 Å². The first-order valence-electron chi connectivity index (χ1n) is 9.85. The monoisotopic (exact) mass is 386 g/mol. The number of hydrogen-bond donors (Lipinski definition) is 1. The predicted octanol–water partition coefficient (Wildman–Crippen LogP) is 4.28. The van der Waals surface area contributed by atoms with Crippen molar-refractivity contribution in [2.75, 3.05) is 12.4 Å². The molecule has 6 heteroatoms. The highest BCUT2D eigenvalue weighted by molar-refractivity contribution is 5.99. The molecule has 146 valence electrons. The summed E-state index contributed by atoms with van der Waals surface area (Å²) in [5.74, 6) is 2.26. The van der Waals surface area contributed by atoms with Gasteiger partial charge in [-0.2, -0.15) is 4.98 Å². The topological polar surface area (TPSA) is 69.0 Å². The minimum atomic E-state index is -0.311. The Morgan fingerprint density at radius 2 is 2.00 bits per heavy atom. The summed E-state index contributed by atoms with van der Waals surface area (Å²) in [5, 5.41) is 8.22. The van der Waals surface area contributed by atoms with Crippen molar-refractivity contribution in [1.82, 2.24) is 14.8 Å². The zero-order chi connectivity index (χ0) is 20.0. The Kier molecular flexibility index (Phi) is 4.19. The smallest absolute Gasteiger partial charge is 0.226 e. The van der Waals surface area contributed by atoms with Crippen molar-refractivity contribution in [3.63, 3.8) is 0 Å². The van der Waals surface area contributed by atoms with Gasteiger partial charge in [-0.05, 0) is 43.0 Å². The molecular weight excluding hydrogens is 364 g/mol. The third kappa shape index (κ3) is 2.92. The lowest BCUT2D eigenvalue weighted by atomic mass is 9.85. The second-order valence-electron chi connectivity index (χ2n) is 7.49. The predicted molar refractivity (Wildman–Crippen MR) is 111 cm³/mol. The zero-order valence-electron chi connectivity index (χ0n) is 16.5. The SMILES string of the molecule is COc1cccc(C2C3=C(CCCC3=O)Nc3nc(-c4ccccc4C)nn32)c1. The lowest BCUT2D eigenvalue weighted by Crippen LogP contribution is -2.31. The molecule has 2 aliphatic rings. The van der Waals surface area contributed by atoms with Gasteiger partial charge in [-0.25, -0.2) is 4.68 Å². The van der Waals surface area contributed by atoms with Gasteiger partial charge in [0, 0.05) is 23.3 Å². The number of aryl methyl sites for hydroxylation is 1. The summed E-state index contributed by atoms with van der Waals surface area (Å²) in [6, 6.07) is 15.6. The maximum Gasteiger partial charge on any atom is 0.226 e. The molecule has 1 aromatic heterocycles. The van der Waals surface area contributed by atoms with E-state index in [1.165, 1.54) is 0 Å². The number of rotatable bonds is 3. The average molecular weight is 386 g/mol. The van der Waals surface area contributed by atoms with Gasteiger partial charge in [0.25, 0.3) is 0 Å². The maximum atomic E-state index is 12.9. The molecule has 2 aromatic carbocycles. The van der Waals surface area contributed by atoms with E-state index in [9.17, 15) is 4.79 Å². The van der Waals surface area contributed by atoms with Gasteiger partial charge in [0.1, 0.15) is 11.8 Å². The van der Waals surface area contributed by atoms with Crippen molar-refractivity contribution in [2.24, 2.45) is 0 Å². The Bertz CT molecular complexity index is 1150. The van der Waals surface area contributed by atoms with Crippen LogP contribution in [-0.4, -0.2) is 27.7 Å². The van der Waals surface area contributed by atoms with Gasteiger partial charge in [-0.3, -0.25) is 4.79 Å². The number of nitrogens with one attached hydrogen (secondary N) is 1. The number of benzene rings is 2. The summed E-state index contributed by atoms with van der Waals surface area (Å²) < 4.78 is 7.27. The summed E-state index contributed by atoms with van der Waals surface area (Å²) in [5.41, 5.74) is 4.83. The van der Waals surface area contributed by atoms with Crippen LogP contribution in [0.4, 0.5) is 5.95 Å². The van der Waals surface area contributed by atoms with Crippen molar-refractivity contribution in [3.05, 3.63) is 70.9 Å². The van der Waals surface area contributed by atoms with Crippen LogP contribution in [0.25, 0.3) is 11.4 Å². The summed E-state index contributed by atoms with van der Waals surface area (Å²) in [4.78, 5) is 17.7. The van der Waals surface area contributed by atoms with E-state index in [0.29, 0.717) is 18.2 Å². The fourth-order valence-corrected chi connectivity index (χ4v) is 4.21. The van der Waals surface area contributed by atoms with Crippen LogP contribution in [0.3, 0.4) is 0 Å². The third-order valence-electron chi connectivity index (χ3n) is 5.66. The highest BCUT2D eigenvalue weighted by atomic mass is 16.5. The van der Waals surface area contributed by atoms with Gasteiger partial charge < -0.3 is 10.1 Å². The number of Topliss-reactive ketones (excluding diaryl/α,β-unsaturated/α-hetero) is 1. The number of methoxy groups -OCH3 is 1. The summed E-state index contributed by atoms with van der Waals surface area (Å²) in [7, 11) is 1.65. The molecule has 1 N–H and O–H groups in total. The van der Waals surface area contributed by atoms with Crippen LogP contribution >= 0.6 is 0 Å². The molecule has 5 rings (SSSR count). The fraction of sp³-hybridized carbons (Fsp3) is 0.261. The lowest BCUT2D eigenvalue weighted by Gasteiger charge is -2.32. The standard InChI is InChI=1S/C23H22N4O2/c1-14-7-3-4-10-17(14)22-25-23-24-18-11-6-12-19(28)20(18)21(27(23)26-22)15-8-5-9-16(13-15)29-2/h3-5,7-10,13,21H,6,11-12H2,1-2H3,(H,24,25,26). The minimum absolute atomic E-state index is 0.171.